The molecule has 8 heteroatoms. The van der Waals surface area contributed by atoms with Gasteiger partial charge in [-0.25, -0.2) is 8.42 Å². The van der Waals surface area contributed by atoms with Gasteiger partial charge in [-0.15, -0.1) is 0 Å². The molecule has 1 heterocycles. The molecular formula is C16H16N2O5S. The molecule has 3 rings (SSSR count). The first-order chi connectivity index (χ1) is 11.4. The Labute approximate surface area is 139 Å². The van der Waals surface area contributed by atoms with Crippen molar-refractivity contribution in [1.29, 1.82) is 0 Å². The molecule has 2 aromatic carbocycles. The van der Waals surface area contributed by atoms with E-state index in [1.165, 1.54) is 25.1 Å². The highest BCUT2D eigenvalue weighted by Gasteiger charge is 2.41. The zero-order valence-electron chi connectivity index (χ0n) is 12.9. The van der Waals surface area contributed by atoms with E-state index < -0.39 is 26.7 Å². The third-order valence-electron chi connectivity index (χ3n) is 4.13. The molecule has 2 aromatic rings. The summed E-state index contributed by atoms with van der Waals surface area (Å²) >= 11 is 0. The lowest BCUT2D eigenvalue weighted by molar-refractivity contribution is -0.387. The topological polar surface area (TPSA) is 101 Å². The SMILES string of the molecule is Cc1cccc([N+](=O)[O-])c1S(=O)(=O)N1c2ccccc2C[C@H]1CO. The summed E-state index contributed by atoms with van der Waals surface area (Å²) in [6.07, 6.45) is 0.367. The van der Waals surface area contributed by atoms with Crippen LogP contribution in [-0.2, 0) is 16.4 Å². The van der Waals surface area contributed by atoms with Gasteiger partial charge in [-0.05, 0) is 30.5 Å². The molecule has 0 unspecified atom stereocenters. The van der Waals surface area contributed by atoms with Crippen molar-refractivity contribution < 1.29 is 18.4 Å². The summed E-state index contributed by atoms with van der Waals surface area (Å²) in [6.45, 7) is 1.16. The van der Waals surface area contributed by atoms with Crippen molar-refractivity contribution in [2.24, 2.45) is 0 Å². The predicted molar refractivity (Wildman–Crippen MR) is 88.5 cm³/mol. The van der Waals surface area contributed by atoms with Crippen LogP contribution >= 0.6 is 0 Å². The molecule has 1 N–H and O–H groups in total. The number of aryl methyl sites for hydroxylation is 1. The molecule has 1 aliphatic heterocycles. The van der Waals surface area contributed by atoms with Crippen LogP contribution in [0.25, 0.3) is 0 Å². The van der Waals surface area contributed by atoms with E-state index in [9.17, 15) is 23.6 Å². The number of aliphatic hydroxyl groups is 1. The molecule has 0 bridgehead atoms. The third-order valence-corrected chi connectivity index (χ3v) is 6.19. The maximum atomic E-state index is 13.2. The van der Waals surface area contributed by atoms with Crippen LogP contribution in [0.3, 0.4) is 0 Å². The molecule has 0 spiro atoms. The van der Waals surface area contributed by atoms with Crippen LogP contribution in [0.5, 0.6) is 0 Å². The quantitative estimate of drug-likeness (QED) is 0.673. The zero-order valence-corrected chi connectivity index (χ0v) is 13.7. The molecule has 0 fully saturated rings. The standard InChI is InChI=1S/C16H16N2O5S/c1-11-5-4-8-15(18(20)21)16(11)24(22,23)17-13(10-19)9-12-6-2-3-7-14(12)17/h2-8,13,19H,9-10H2,1H3/t13-/m0/s1. The molecule has 0 saturated heterocycles. The number of hydrogen-bond acceptors (Lipinski definition) is 5. The molecule has 7 nitrogen and oxygen atoms in total. The van der Waals surface area contributed by atoms with E-state index in [1.54, 1.807) is 24.3 Å². The van der Waals surface area contributed by atoms with Gasteiger partial charge in [0, 0.05) is 6.07 Å². The van der Waals surface area contributed by atoms with Crippen molar-refractivity contribution >= 4 is 21.4 Å². The molecule has 1 atom stereocenters. The highest BCUT2D eigenvalue weighted by molar-refractivity contribution is 7.93. The van der Waals surface area contributed by atoms with Crippen LogP contribution in [0.1, 0.15) is 11.1 Å². The molecule has 0 amide bonds. The number of sulfonamides is 1. The Morgan fingerprint density at radius 1 is 1.25 bits per heavy atom. The van der Waals surface area contributed by atoms with E-state index in [1.807, 2.05) is 0 Å². The number of fused-ring (bicyclic) bond motifs is 1. The summed E-state index contributed by atoms with van der Waals surface area (Å²) in [7, 11) is -4.19. The van der Waals surface area contributed by atoms with Crippen LogP contribution in [0.4, 0.5) is 11.4 Å². The first-order valence-electron chi connectivity index (χ1n) is 7.35. The van der Waals surface area contributed by atoms with Crippen LogP contribution in [-0.4, -0.2) is 31.1 Å². The number of para-hydroxylation sites is 1. The Morgan fingerprint density at radius 2 is 1.96 bits per heavy atom. The van der Waals surface area contributed by atoms with Crippen LogP contribution in [0, 0.1) is 17.0 Å². The number of nitro benzene ring substituents is 1. The van der Waals surface area contributed by atoms with Gasteiger partial charge in [0.25, 0.3) is 15.7 Å². The molecule has 1 aliphatic rings. The van der Waals surface area contributed by atoms with Crippen molar-refractivity contribution in [3.63, 3.8) is 0 Å². The van der Waals surface area contributed by atoms with E-state index in [0.717, 1.165) is 9.87 Å². The Kier molecular flexibility index (Phi) is 4.02. The highest BCUT2D eigenvalue weighted by atomic mass is 32.2. The summed E-state index contributed by atoms with van der Waals surface area (Å²) in [5.41, 5.74) is 1.08. The van der Waals surface area contributed by atoms with Gasteiger partial charge >= 0.3 is 0 Å². The van der Waals surface area contributed by atoms with Crippen molar-refractivity contribution in [2.45, 2.75) is 24.3 Å². The summed E-state index contributed by atoms with van der Waals surface area (Å²) in [5.74, 6) is 0. The Hall–Kier alpha value is -2.45. The van der Waals surface area contributed by atoms with Gasteiger partial charge < -0.3 is 5.11 Å². The number of anilines is 1. The van der Waals surface area contributed by atoms with Gasteiger partial charge in [-0.1, -0.05) is 30.3 Å². The lowest BCUT2D eigenvalue weighted by Crippen LogP contribution is -2.40. The average molecular weight is 348 g/mol. The van der Waals surface area contributed by atoms with Crippen LogP contribution in [0.15, 0.2) is 47.4 Å². The lowest BCUT2D eigenvalue weighted by atomic mass is 10.1. The largest absolute Gasteiger partial charge is 0.394 e. The Balaban J connectivity index is 2.24. The summed E-state index contributed by atoms with van der Waals surface area (Å²) in [4.78, 5) is 10.3. The van der Waals surface area contributed by atoms with Gasteiger partial charge in [-0.3, -0.25) is 14.4 Å². The van der Waals surface area contributed by atoms with Crippen LogP contribution in [0.2, 0.25) is 0 Å². The summed E-state index contributed by atoms with van der Waals surface area (Å²) in [5, 5.41) is 20.9. The van der Waals surface area contributed by atoms with Crippen molar-refractivity contribution in [3.05, 3.63) is 63.7 Å². The fourth-order valence-electron chi connectivity index (χ4n) is 3.11. The van der Waals surface area contributed by atoms with Gasteiger partial charge in [0.05, 0.1) is 23.3 Å². The molecule has 0 radical (unpaired) electrons. The van der Waals surface area contributed by atoms with E-state index in [0.29, 0.717) is 17.7 Å². The lowest BCUT2D eigenvalue weighted by Gasteiger charge is -2.26. The van der Waals surface area contributed by atoms with Gasteiger partial charge in [0.1, 0.15) is 0 Å². The normalized spacial score (nSPS) is 16.9. The monoisotopic (exact) mass is 348 g/mol. The smallest absolute Gasteiger partial charge is 0.290 e. The Bertz CT molecular complexity index is 910. The average Bonchev–Trinajstić information content (AvgIpc) is 2.93. The third kappa shape index (κ3) is 2.44. The summed E-state index contributed by atoms with van der Waals surface area (Å²) in [6, 6.07) is 10.4. The predicted octanol–water partition coefficient (Wildman–Crippen LogP) is 2.02. The molecule has 126 valence electrons. The second kappa shape index (κ2) is 5.88. The minimum atomic E-state index is -4.19. The number of benzene rings is 2. The van der Waals surface area contributed by atoms with Crippen molar-refractivity contribution in [2.75, 3.05) is 10.9 Å². The molecular weight excluding hydrogens is 332 g/mol. The maximum Gasteiger partial charge on any atom is 0.290 e. The van der Waals surface area contributed by atoms with E-state index in [4.69, 9.17) is 0 Å². The fourth-order valence-corrected chi connectivity index (χ4v) is 5.16. The number of hydrogen-bond donors (Lipinski definition) is 1. The molecule has 0 saturated carbocycles. The summed E-state index contributed by atoms with van der Waals surface area (Å²) < 4.78 is 27.6. The number of aliphatic hydroxyl groups excluding tert-OH is 1. The molecule has 0 aromatic heterocycles. The number of rotatable bonds is 4. The van der Waals surface area contributed by atoms with Crippen LogP contribution < -0.4 is 4.31 Å². The number of nitrogens with zero attached hydrogens (tertiary/aromatic N) is 2. The minimum Gasteiger partial charge on any atom is -0.394 e. The Morgan fingerprint density at radius 3 is 2.62 bits per heavy atom. The van der Waals surface area contributed by atoms with Crippen molar-refractivity contribution in [1.82, 2.24) is 0 Å². The molecule has 0 aliphatic carbocycles. The first-order valence-corrected chi connectivity index (χ1v) is 8.79. The van der Waals surface area contributed by atoms with Gasteiger partial charge in [-0.2, -0.15) is 0 Å². The zero-order chi connectivity index (χ0) is 17.5. The maximum absolute atomic E-state index is 13.2. The fraction of sp³-hybridized carbons (Fsp3) is 0.250. The van der Waals surface area contributed by atoms with E-state index in [-0.39, 0.29) is 11.5 Å². The number of nitro groups is 1. The van der Waals surface area contributed by atoms with Crippen molar-refractivity contribution in [3.8, 4) is 0 Å². The van der Waals surface area contributed by atoms with E-state index in [2.05, 4.69) is 0 Å². The second-order valence-corrected chi connectivity index (χ2v) is 7.40. The van der Waals surface area contributed by atoms with Gasteiger partial charge in [0.15, 0.2) is 4.90 Å². The first kappa shape index (κ1) is 16.4. The van der Waals surface area contributed by atoms with E-state index >= 15 is 0 Å². The highest BCUT2D eigenvalue weighted by Crippen LogP contribution is 2.39. The van der Waals surface area contributed by atoms with Gasteiger partial charge in [0.2, 0.25) is 0 Å². The second-order valence-electron chi connectivity index (χ2n) is 5.65. The minimum absolute atomic E-state index is 0.297. The molecule has 24 heavy (non-hydrogen) atoms.